The molecule has 2 aromatic heterocycles. The molecule has 3 aromatic rings. The number of hydrogen-bond acceptors (Lipinski definition) is 5. The van der Waals surface area contributed by atoms with Gasteiger partial charge in [0.05, 0.1) is 12.9 Å². The summed E-state index contributed by atoms with van der Waals surface area (Å²) >= 11 is 0. The lowest BCUT2D eigenvalue weighted by molar-refractivity contribution is 0.0944. The van der Waals surface area contributed by atoms with Gasteiger partial charge in [0.2, 0.25) is 0 Å². The van der Waals surface area contributed by atoms with Crippen molar-refractivity contribution < 1.29 is 9.18 Å². The summed E-state index contributed by atoms with van der Waals surface area (Å²) in [5.41, 5.74) is 0.612. The number of nitrogens with one attached hydrogen (secondary N) is 1. The van der Waals surface area contributed by atoms with E-state index >= 15 is 0 Å². The van der Waals surface area contributed by atoms with Gasteiger partial charge in [0, 0.05) is 30.9 Å². The molecule has 3 rings (SSSR count). The Morgan fingerprint density at radius 3 is 2.71 bits per heavy atom. The number of hydrogen-bond donors (Lipinski definition) is 1. The van der Waals surface area contributed by atoms with Gasteiger partial charge in [0.15, 0.2) is 0 Å². The molecule has 0 saturated carbocycles. The zero-order valence-electron chi connectivity index (χ0n) is 15.1. The van der Waals surface area contributed by atoms with Crippen LogP contribution in [0.25, 0.3) is 0 Å². The molecule has 0 radical (unpaired) electrons. The average Bonchev–Trinajstić information content (AvgIpc) is 2.65. The Hall–Kier alpha value is -3.62. The molecule has 0 bridgehead atoms. The van der Waals surface area contributed by atoms with Crippen LogP contribution in [0.15, 0.2) is 58.4 Å². The van der Waals surface area contributed by atoms with Gasteiger partial charge in [-0.25, -0.2) is 14.1 Å². The maximum atomic E-state index is 13.3. The zero-order valence-corrected chi connectivity index (χ0v) is 15.1. The topological polar surface area (TPSA) is 98.9 Å². The number of carbonyl (C=O) groups excluding carboxylic acids is 1. The molecule has 0 spiro atoms. The van der Waals surface area contributed by atoms with Gasteiger partial charge in [-0.1, -0.05) is 12.1 Å². The van der Waals surface area contributed by atoms with Crippen molar-refractivity contribution in [3.05, 3.63) is 92.3 Å². The molecule has 0 saturated heterocycles. The van der Waals surface area contributed by atoms with Crippen LogP contribution in [0.5, 0.6) is 0 Å². The predicted octanol–water partition coefficient (Wildman–Crippen LogP) is 0.726. The fourth-order valence-electron chi connectivity index (χ4n) is 2.56. The summed E-state index contributed by atoms with van der Waals surface area (Å²) < 4.78 is 15.8. The molecule has 1 N–H and O–H groups in total. The van der Waals surface area contributed by atoms with Gasteiger partial charge in [-0.05, 0) is 30.7 Å². The number of nitrogens with zero attached hydrogens (tertiary/aromatic N) is 4. The van der Waals surface area contributed by atoms with E-state index in [2.05, 4.69) is 15.4 Å². The molecule has 8 nitrogen and oxygen atoms in total. The van der Waals surface area contributed by atoms with Crippen molar-refractivity contribution in [3.8, 4) is 0 Å². The van der Waals surface area contributed by atoms with E-state index in [9.17, 15) is 18.8 Å². The predicted molar refractivity (Wildman–Crippen MR) is 99.6 cm³/mol. The largest absolute Gasteiger partial charge is 0.349 e. The number of amides is 1. The highest BCUT2D eigenvalue weighted by atomic mass is 19.1. The van der Waals surface area contributed by atoms with E-state index in [0.717, 1.165) is 4.68 Å². The summed E-state index contributed by atoms with van der Waals surface area (Å²) in [6.07, 6.45) is 1.42. The van der Waals surface area contributed by atoms with Gasteiger partial charge in [-0.2, -0.15) is 5.10 Å². The van der Waals surface area contributed by atoms with Gasteiger partial charge in [0.25, 0.3) is 17.0 Å². The summed E-state index contributed by atoms with van der Waals surface area (Å²) in [4.78, 5) is 40.1. The Kier molecular flexibility index (Phi) is 5.73. The van der Waals surface area contributed by atoms with Crippen molar-refractivity contribution in [2.24, 2.45) is 0 Å². The minimum atomic E-state index is -0.485. The van der Waals surface area contributed by atoms with Crippen molar-refractivity contribution >= 4 is 5.91 Å². The number of carbonyl (C=O) groups is 1. The molecule has 2 heterocycles. The van der Waals surface area contributed by atoms with E-state index in [1.54, 1.807) is 13.0 Å². The molecule has 0 aliphatic heterocycles. The smallest absolute Gasteiger partial charge is 0.271 e. The Bertz CT molecular complexity index is 1120. The van der Waals surface area contributed by atoms with Crippen molar-refractivity contribution in [1.82, 2.24) is 24.6 Å². The van der Waals surface area contributed by atoms with Crippen LogP contribution in [0, 0.1) is 12.7 Å². The van der Waals surface area contributed by atoms with Crippen molar-refractivity contribution in [3.63, 3.8) is 0 Å². The van der Waals surface area contributed by atoms with Crippen LogP contribution in [-0.2, 0) is 13.1 Å². The summed E-state index contributed by atoms with van der Waals surface area (Å²) in [6.45, 7) is 2.20. The second-order valence-corrected chi connectivity index (χ2v) is 6.16. The van der Waals surface area contributed by atoms with Gasteiger partial charge in [0.1, 0.15) is 11.5 Å². The Morgan fingerprint density at radius 1 is 1.14 bits per heavy atom. The summed E-state index contributed by atoms with van der Waals surface area (Å²) in [5, 5.41) is 6.69. The van der Waals surface area contributed by atoms with E-state index in [-0.39, 0.29) is 30.9 Å². The van der Waals surface area contributed by atoms with Crippen LogP contribution in [-0.4, -0.2) is 31.8 Å². The number of aryl methyl sites for hydroxylation is 1. The third kappa shape index (κ3) is 4.76. The minimum absolute atomic E-state index is 0.0438. The highest BCUT2D eigenvalue weighted by molar-refractivity contribution is 5.91. The summed E-state index contributed by atoms with van der Waals surface area (Å²) in [7, 11) is 0. The first-order valence-electron chi connectivity index (χ1n) is 8.56. The lowest BCUT2D eigenvalue weighted by atomic mass is 10.2. The molecule has 144 valence electrons. The lowest BCUT2D eigenvalue weighted by Gasteiger charge is -2.09. The number of halogens is 1. The Balaban J connectivity index is 1.66. The second-order valence-electron chi connectivity index (χ2n) is 6.16. The fraction of sp³-hybridized carbons (Fsp3) is 0.211. The van der Waals surface area contributed by atoms with Crippen molar-refractivity contribution in [2.45, 2.75) is 20.0 Å². The Labute approximate surface area is 159 Å². The van der Waals surface area contributed by atoms with Crippen LogP contribution < -0.4 is 16.4 Å². The normalized spacial score (nSPS) is 10.6. The first-order chi connectivity index (χ1) is 13.4. The molecule has 0 unspecified atom stereocenters. The van der Waals surface area contributed by atoms with Crippen molar-refractivity contribution in [1.29, 1.82) is 0 Å². The van der Waals surface area contributed by atoms with E-state index in [0.29, 0.717) is 11.3 Å². The molecule has 0 atom stereocenters. The van der Waals surface area contributed by atoms with E-state index < -0.39 is 17.3 Å². The zero-order chi connectivity index (χ0) is 20.1. The maximum Gasteiger partial charge on any atom is 0.271 e. The van der Waals surface area contributed by atoms with Crippen LogP contribution >= 0.6 is 0 Å². The molecular formula is C19H18FN5O3. The van der Waals surface area contributed by atoms with Gasteiger partial charge < -0.3 is 5.32 Å². The van der Waals surface area contributed by atoms with Gasteiger partial charge in [-0.15, -0.1) is 0 Å². The number of rotatable bonds is 6. The van der Waals surface area contributed by atoms with E-state index in [1.807, 2.05) is 0 Å². The SMILES string of the molecule is Cc1cc(=O)n(CCNC(=O)c2ccc(=O)n(Cc3cccc(F)c3)n2)cn1. The molecule has 0 aliphatic carbocycles. The molecule has 1 aromatic carbocycles. The molecule has 28 heavy (non-hydrogen) atoms. The Morgan fingerprint density at radius 2 is 1.96 bits per heavy atom. The standard InChI is InChI=1S/C19H18FN5O3/c1-13-9-18(27)24(12-22-13)8-7-21-19(28)16-5-6-17(26)25(23-16)11-14-3-2-4-15(20)10-14/h2-6,9-10,12H,7-8,11H2,1H3,(H,21,28). The molecule has 1 amide bonds. The summed E-state index contributed by atoms with van der Waals surface area (Å²) in [6, 6.07) is 9.76. The number of benzene rings is 1. The van der Waals surface area contributed by atoms with Crippen LogP contribution in [0.1, 0.15) is 21.7 Å². The molecule has 0 fully saturated rings. The quantitative estimate of drug-likeness (QED) is 0.676. The van der Waals surface area contributed by atoms with Crippen LogP contribution in [0.4, 0.5) is 4.39 Å². The van der Waals surface area contributed by atoms with Gasteiger partial charge >= 0.3 is 0 Å². The highest BCUT2D eigenvalue weighted by Crippen LogP contribution is 2.04. The monoisotopic (exact) mass is 383 g/mol. The number of aromatic nitrogens is 4. The van der Waals surface area contributed by atoms with Gasteiger partial charge in [-0.3, -0.25) is 19.0 Å². The van der Waals surface area contributed by atoms with Crippen LogP contribution in [0.3, 0.4) is 0 Å². The molecule has 0 aliphatic rings. The first kappa shape index (κ1) is 19.2. The van der Waals surface area contributed by atoms with Crippen molar-refractivity contribution in [2.75, 3.05) is 6.54 Å². The fourth-order valence-corrected chi connectivity index (χ4v) is 2.56. The second kappa shape index (κ2) is 8.38. The molecular weight excluding hydrogens is 365 g/mol. The highest BCUT2D eigenvalue weighted by Gasteiger charge is 2.10. The maximum absolute atomic E-state index is 13.3. The van der Waals surface area contributed by atoms with Crippen LogP contribution in [0.2, 0.25) is 0 Å². The average molecular weight is 383 g/mol. The summed E-state index contributed by atoms with van der Waals surface area (Å²) in [5.74, 6) is -0.901. The lowest BCUT2D eigenvalue weighted by Crippen LogP contribution is -2.33. The van der Waals surface area contributed by atoms with E-state index in [1.165, 1.54) is 47.3 Å². The third-order valence-corrected chi connectivity index (χ3v) is 3.98. The minimum Gasteiger partial charge on any atom is -0.349 e. The van der Waals surface area contributed by atoms with E-state index in [4.69, 9.17) is 0 Å². The molecule has 9 heteroatoms. The third-order valence-electron chi connectivity index (χ3n) is 3.98. The first-order valence-corrected chi connectivity index (χ1v) is 8.56.